The van der Waals surface area contributed by atoms with E-state index in [4.69, 9.17) is 0 Å². The topological polar surface area (TPSA) is 69.3 Å². The normalized spacial score (nSPS) is 12.9. The van der Waals surface area contributed by atoms with Gasteiger partial charge < -0.3 is 15.6 Å². The number of fused-ring (bicyclic) bond motifs is 1. The molecule has 0 saturated heterocycles. The van der Waals surface area contributed by atoms with E-state index in [0.29, 0.717) is 24.8 Å². The summed E-state index contributed by atoms with van der Waals surface area (Å²) in [5, 5.41) is 7.53. The Balaban J connectivity index is 1.52. The number of nitrogens with one attached hydrogen (secondary N) is 3. The SMILES string of the molecule is CCNC(=NCCS(=O)c1ccccc1)NCCc1c[nH]c2cc(F)ccc12. The van der Waals surface area contributed by atoms with Crippen LogP contribution in [0.3, 0.4) is 0 Å². The van der Waals surface area contributed by atoms with Crippen LogP contribution in [0, 0.1) is 5.82 Å². The maximum Gasteiger partial charge on any atom is 0.191 e. The molecule has 0 spiro atoms. The molecular weight excluding hydrogens is 375 g/mol. The van der Waals surface area contributed by atoms with Crippen molar-refractivity contribution < 1.29 is 8.60 Å². The van der Waals surface area contributed by atoms with Crippen molar-refractivity contribution in [3.05, 3.63) is 66.1 Å². The van der Waals surface area contributed by atoms with Crippen LogP contribution in [0.4, 0.5) is 4.39 Å². The van der Waals surface area contributed by atoms with Crippen molar-refractivity contribution >= 4 is 27.7 Å². The van der Waals surface area contributed by atoms with Crippen LogP contribution in [0.15, 0.2) is 64.6 Å². The van der Waals surface area contributed by atoms with Gasteiger partial charge in [-0.25, -0.2) is 4.39 Å². The quantitative estimate of drug-likeness (QED) is 0.402. The summed E-state index contributed by atoms with van der Waals surface area (Å²) in [6, 6.07) is 14.2. The monoisotopic (exact) mass is 400 g/mol. The summed E-state index contributed by atoms with van der Waals surface area (Å²) >= 11 is 0. The van der Waals surface area contributed by atoms with Crippen molar-refractivity contribution in [1.82, 2.24) is 15.6 Å². The largest absolute Gasteiger partial charge is 0.361 e. The van der Waals surface area contributed by atoms with Gasteiger partial charge in [0.05, 0.1) is 17.3 Å². The van der Waals surface area contributed by atoms with E-state index in [1.54, 1.807) is 6.07 Å². The van der Waals surface area contributed by atoms with Crippen molar-refractivity contribution in [2.24, 2.45) is 4.99 Å². The molecule has 0 aliphatic rings. The number of rotatable bonds is 8. The molecule has 5 nitrogen and oxygen atoms in total. The molecule has 148 valence electrons. The standard InChI is InChI=1S/C21H25FN4OS/c1-2-23-21(25-12-13-28(27)18-6-4-3-5-7-18)24-11-10-16-15-26-20-14-17(22)8-9-19(16)20/h3-9,14-15,26H,2,10-13H2,1H3,(H2,23,24,25). The van der Waals surface area contributed by atoms with Crippen LogP contribution >= 0.6 is 0 Å². The smallest absolute Gasteiger partial charge is 0.191 e. The average Bonchev–Trinajstić information content (AvgIpc) is 3.10. The minimum absolute atomic E-state index is 0.242. The highest BCUT2D eigenvalue weighted by atomic mass is 32.2. The number of nitrogens with zero attached hydrogens (tertiary/aromatic N) is 1. The van der Waals surface area contributed by atoms with Crippen molar-refractivity contribution in [1.29, 1.82) is 0 Å². The summed E-state index contributed by atoms with van der Waals surface area (Å²) in [5.74, 6) is 0.946. The molecule has 0 fully saturated rings. The molecule has 0 bridgehead atoms. The van der Waals surface area contributed by atoms with Gasteiger partial charge in [-0.3, -0.25) is 9.20 Å². The third-order valence-corrected chi connectivity index (χ3v) is 5.66. The second kappa shape index (κ2) is 10.0. The van der Waals surface area contributed by atoms with Crippen LogP contribution in [-0.2, 0) is 17.2 Å². The van der Waals surface area contributed by atoms with E-state index in [-0.39, 0.29) is 5.82 Å². The molecule has 7 heteroatoms. The fourth-order valence-electron chi connectivity index (χ4n) is 2.95. The lowest BCUT2D eigenvalue weighted by Gasteiger charge is -2.11. The molecule has 2 aromatic carbocycles. The number of guanidine groups is 1. The van der Waals surface area contributed by atoms with Gasteiger partial charge in [0.15, 0.2) is 5.96 Å². The van der Waals surface area contributed by atoms with E-state index >= 15 is 0 Å². The Morgan fingerprint density at radius 2 is 2.00 bits per heavy atom. The zero-order chi connectivity index (χ0) is 19.8. The van der Waals surface area contributed by atoms with E-state index in [2.05, 4.69) is 20.6 Å². The molecule has 3 N–H and O–H groups in total. The lowest BCUT2D eigenvalue weighted by molar-refractivity contribution is 0.629. The summed E-state index contributed by atoms with van der Waals surface area (Å²) in [7, 11) is -1.05. The molecule has 1 atom stereocenters. The Kier molecular flexibility index (Phi) is 7.19. The number of aromatic amines is 1. The zero-order valence-corrected chi connectivity index (χ0v) is 16.7. The number of aliphatic imine (C=N–C) groups is 1. The summed E-state index contributed by atoms with van der Waals surface area (Å²) < 4.78 is 25.6. The molecule has 0 aliphatic heterocycles. The van der Waals surface area contributed by atoms with Crippen molar-refractivity contribution in [3.8, 4) is 0 Å². The average molecular weight is 401 g/mol. The van der Waals surface area contributed by atoms with Crippen LogP contribution in [0.5, 0.6) is 0 Å². The van der Waals surface area contributed by atoms with E-state index in [9.17, 15) is 8.60 Å². The highest BCUT2D eigenvalue weighted by Crippen LogP contribution is 2.19. The lowest BCUT2D eigenvalue weighted by atomic mass is 10.1. The van der Waals surface area contributed by atoms with Gasteiger partial charge in [-0.15, -0.1) is 0 Å². The van der Waals surface area contributed by atoms with Crippen molar-refractivity contribution in [3.63, 3.8) is 0 Å². The maximum absolute atomic E-state index is 13.3. The van der Waals surface area contributed by atoms with Gasteiger partial charge in [0.2, 0.25) is 0 Å². The third-order valence-electron chi connectivity index (χ3n) is 4.31. The minimum atomic E-state index is -1.05. The molecule has 3 aromatic rings. The summed E-state index contributed by atoms with van der Waals surface area (Å²) in [4.78, 5) is 8.45. The number of H-pyrrole nitrogens is 1. The first-order valence-corrected chi connectivity index (χ1v) is 10.7. The van der Waals surface area contributed by atoms with Crippen LogP contribution in [0.25, 0.3) is 10.9 Å². The van der Waals surface area contributed by atoms with Gasteiger partial charge in [-0.2, -0.15) is 0 Å². The Morgan fingerprint density at radius 1 is 1.18 bits per heavy atom. The number of hydrogen-bond acceptors (Lipinski definition) is 2. The fourth-order valence-corrected chi connectivity index (χ4v) is 3.91. The maximum atomic E-state index is 13.3. The minimum Gasteiger partial charge on any atom is -0.361 e. The number of halogens is 1. The van der Waals surface area contributed by atoms with E-state index < -0.39 is 10.8 Å². The second-order valence-corrected chi connectivity index (χ2v) is 7.87. The third kappa shape index (κ3) is 5.42. The van der Waals surface area contributed by atoms with Crippen LogP contribution in [0.2, 0.25) is 0 Å². The van der Waals surface area contributed by atoms with Crippen LogP contribution in [0.1, 0.15) is 12.5 Å². The Hall–Kier alpha value is -2.67. The highest BCUT2D eigenvalue weighted by Gasteiger charge is 2.06. The lowest BCUT2D eigenvalue weighted by Crippen LogP contribution is -2.38. The molecular formula is C21H25FN4OS. The molecule has 1 heterocycles. The number of benzene rings is 2. The van der Waals surface area contributed by atoms with E-state index in [1.807, 2.05) is 43.5 Å². The van der Waals surface area contributed by atoms with Gasteiger partial charge in [0.1, 0.15) is 5.82 Å². The molecule has 0 radical (unpaired) electrons. The number of hydrogen-bond donors (Lipinski definition) is 3. The predicted octanol–water partition coefficient (Wildman–Crippen LogP) is 3.21. The van der Waals surface area contributed by atoms with Gasteiger partial charge in [-0.1, -0.05) is 18.2 Å². The van der Waals surface area contributed by atoms with Crippen LogP contribution < -0.4 is 10.6 Å². The van der Waals surface area contributed by atoms with Gasteiger partial charge in [-0.05, 0) is 49.2 Å². The Morgan fingerprint density at radius 3 is 2.79 bits per heavy atom. The van der Waals surface area contributed by atoms with Crippen LogP contribution in [-0.4, -0.2) is 40.5 Å². The number of aromatic nitrogens is 1. The first kappa shape index (κ1) is 20.1. The molecule has 0 saturated carbocycles. The van der Waals surface area contributed by atoms with E-state index in [0.717, 1.165) is 34.3 Å². The molecule has 1 unspecified atom stereocenters. The summed E-state index contributed by atoms with van der Waals surface area (Å²) in [5.41, 5.74) is 1.93. The van der Waals surface area contributed by atoms with Gasteiger partial charge in [0, 0.05) is 40.8 Å². The summed E-state index contributed by atoms with van der Waals surface area (Å²) in [6.07, 6.45) is 2.70. The molecule has 0 aliphatic carbocycles. The van der Waals surface area contributed by atoms with E-state index in [1.165, 1.54) is 12.1 Å². The molecule has 3 rings (SSSR count). The van der Waals surface area contributed by atoms with Crippen molar-refractivity contribution in [2.75, 3.05) is 25.4 Å². The predicted molar refractivity (Wildman–Crippen MR) is 114 cm³/mol. The fraction of sp³-hybridized carbons (Fsp3) is 0.286. The molecule has 0 amide bonds. The van der Waals surface area contributed by atoms with Gasteiger partial charge >= 0.3 is 0 Å². The molecule has 28 heavy (non-hydrogen) atoms. The molecule has 1 aromatic heterocycles. The zero-order valence-electron chi connectivity index (χ0n) is 15.9. The van der Waals surface area contributed by atoms with Crippen molar-refractivity contribution in [2.45, 2.75) is 18.2 Å². The Bertz CT molecular complexity index is 955. The highest BCUT2D eigenvalue weighted by molar-refractivity contribution is 7.85. The second-order valence-electron chi connectivity index (χ2n) is 6.30. The summed E-state index contributed by atoms with van der Waals surface area (Å²) in [6.45, 7) is 3.93. The first-order valence-electron chi connectivity index (χ1n) is 9.38. The van der Waals surface area contributed by atoms with Gasteiger partial charge in [0.25, 0.3) is 0 Å². The Labute approximate surface area is 166 Å². The first-order chi connectivity index (χ1) is 13.7.